The topological polar surface area (TPSA) is 95.5 Å². The van der Waals surface area contributed by atoms with E-state index in [0.29, 0.717) is 5.56 Å². The molecule has 1 rings (SSSR count). The van der Waals surface area contributed by atoms with Crippen molar-refractivity contribution in [3.8, 4) is 0 Å². The van der Waals surface area contributed by atoms with E-state index in [0.717, 1.165) is 0 Å². The summed E-state index contributed by atoms with van der Waals surface area (Å²) in [5.41, 5.74) is 0.647. The van der Waals surface area contributed by atoms with Crippen LogP contribution in [0.15, 0.2) is 24.3 Å². The van der Waals surface area contributed by atoms with Crippen LogP contribution in [-0.2, 0) is 20.8 Å². The number of halogens is 1. The zero-order valence-corrected chi connectivity index (χ0v) is 11.7. The molecule has 6 nitrogen and oxygen atoms in total. The van der Waals surface area contributed by atoms with Gasteiger partial charge in [-0.25, -0.2) is 4.39 Å². The van der Waals surface area contributed by atoms with Crippen molar-refractivity contribution in [2.24, 2.45) is 0 Å². The Kier molecular flexibility index (Phi) is 5.83. The molecule has 0 aliphatic heterocycles. The molecule has 2 amide bonds. The number of carboxylic acid groups (broad SMARTS) is 1. The molecule has 0 saturated heterocycles. The lowest BCUT2D eigenvalue weighted by molar-refractivity contribution is -0.141. The zero-order valence-electron chi connectivity index (χ0n) is 11.7. The van der Waals surface area contributed by atoms with Gasteiger partial charge in [0, 0.05) is 13.3 Å². The van der Waals surface area contributed by atoms with Gasteiger partial charge in [0.2, 0.25) is 11.8 Å². The summed E-state index contributed by atoms with van der Waals surface area (Å²) in [7, 11) is 0. The quantitative estimate of drug-likeness (QED) is 0.711. The maximum atomic E-state index is 12.8. The molecular weight excluding hydrogens is 279 g/mol. The molecule has 3 N–H and O–H groups in total. The molecular formula is C14H17FN2O4. The smallest absolute Gasteiger partial charge is 0.325 e. The maximum absolute atomic E-state index is 12.8. The zero-order chi connectivity index (χ0) is 16.0. The third kappa shape index (κ3) is 5.60. The van der Waals surface area contributed by atoms with E-state index in [4.69, 9.17) is 5.11 Å². The number of amides is 2. The van der Waals surface area contributed by atoms with Crippen LogP contribution in [0.25, 0.3) is 0 Å². The van der Waals surface area contributed by atoms with Gasteiger partial charge in [-0.15, -0.1) is 0 Å². The van der Waals surface area contributed by atoms with Crippen molar-refractivity contribution in [3.05, 3.63) is 35.6 Å². The van der Waals surface area contributed by atoms with Crippen LogP contribution >= 0.6 is 0 Å². The van der Waals surface area contributed by atoms with E-state index in [-0.39, 0.29) is 6.42 Å². The normalized spacial score (nSPS) is 13.1. The van der Waals surface area contributed by atoms with Crippen LogP contribution in [-0.4, -0.2) is 35.0 Å². The molecule has 2 atom stereocenters. The van der Waals surface area contributed by atoms with Crippen molar-refractivity contribution >= 4 is 17.8 Å². The van der Waals surface area contributed by atoms with Crippen molar-refractivity contribution in [1.29, 1.82) is 0 Å². The number of carbonyl (C=O) groups excluding carboxylic acids is 2. The molecule has 114 valence electrons. The first-order chi connectivity index (χ1) is 9.79. The maximum Gasteiger partial charge on any atom is 0.325 e. The molecule has 0 bridgehead atoms. The molecule has 0 heterocycles. The number of benzene rings is 1. The van der Waals surface area contributed by atoms with Crippen molar-refractivity contribution in [3.63, 3.8) is 0 Å². The molecule has 0 aliphatic rings. The lowest BCUT2D eigenvalue weighted by Gasteiger charge is -2.19. The van der Waals surface area contributed by atoms with Crippen molar-refractivity contribution < 1.29 is 23.9 Å². The third-order valence-corrected chi connectivity index (χ3v) is 2.78. The van der Waals surface area contributed by atoms with E-state index in [9.17, 15) is 18.8 Å². The highest BCUT2D eigenvalue weighted by molar-refractivity contribution is 5.90. The second kappa shape index (κ2) is 7.37. The van der Waals surface area contributed by atoms with Crippen molar-refractivity contribution in [2.45, 2.75) is 32.4 Å². The fraction of sp³-hybridized carbons (Fsp3) is 0.357. The summed E-state index contributed by atoms with van der Waals surface area (Å²) in [6, 6.07) is 3.50. The molecule has 1 aromatic carbocycles. The van der Waals surface area contributed by atoms with Crippen LogP contribution in [0.1, 0.15) is 19.4 Å². The third-order valence-electron chi connectivity index (χ3n) is 2.78. The Labute approximate surface area is 121 Å². The average molecular weight is 296 g/mol. The minimum Gasteiger partial charge on any atom is -0.480 e. The SMILES string of the molecule is CC(=O)N[C@H](Cc1ccc(F)cc1)C(=O)N[C@@H](C)C(=O)O. The molecule has 0 unspecified atom stereocenters. The van der Waals surface area contributed by atoms with Gasteiger partial charge in [0.1, 0.15) is 17.9 Å². The standard InChI is InChI=1S/C14H17FN2O4/c1-8(14(20)21)16-13(19)12(17-9(2)18)7-10-3-5-11(15)6-4-10/h3-6,8,12H,7H2,1-2H3,(H,16,19)(H,17,18)(H,20,21)/t8-,12+/m0/s1. The highest BCUT2D eigenvalue weighted by atomic mass is 19.1. The molecule has 0 fully saturated rings. The molecule has 7 heteroatoms. The first-order valence-electron chi connectivity index (χ1n) is 6.34. The van der Waals surface area contributed by atoms with Gasteiger partial charge >= 0.3 is 5.97 Å². The summed E-state index contributed by atoms with van der Waals surface area (Å²) in [5.74, 6) is -2.60. The number of rotatable bonds is 6. The fourth-order valence-corrected chi connectivity index (χ4v) is 1.69. The Morgan fingerprint density at radius 1 is 1.19 bits per heavy atom. The van der Waals surface area contributed by atoms with Gasteiger partial charge in [-0.3, -0.25) is 14.4 Å². The van der Waals surface area contributed by atoms with Gasteiger partial charge in [0.25, 0.3) is 0 Å². The van der Waals surface area contributed by atoms with Crippen LogP contribution < -0.4 is 10.6 Å². The number of nitrogens with one attached hydrogen (secondary N) is 2. The molecule has 0 saturated carbocycles. The lowest BCUT2D eigenvalue weighted by atomic mass is 10.0. The van der Waals surface area contributed by atoms with E-state index in [1.807, 2.05) is 0 Å². The van der Waals surface area contributed by atoms with Gasteiger partial charge in [0.15, 0.2) is 0 Å². The minimum atomic E-state index is -1.17. The Hall–Kier alpha value is -2.44. The Morgan fingerprint density at radius 2 is 1.76 bits per heavy atom. The molecule has 0 aliphatic carbocycles. The number of carbonyl (C=O) groups is 3. The molecule has 0 spiro atoms. The van der Waals surface area contributed by atoms with Gasteiger partial charge in [-0.1, -0.05) is 12.1 Å². The highest BCUT2D eigenvalue weighted by Crippen LogP contribution is 2.06. The summed E-state index contributed by atoms with van der Waals surface area (Å²) in [6.45, 7) is 2.58. The van der Waals surface area contributed by atoms with Crippen LogP contribution in [0.5, 0.6) is 0 Å². The van der Waals surface area contributed by atoms with Gasteiger partial charge in [-0.2, -0.15) is 0 Å². The van der Waals surface area contributed by atoms with E-state index >= 15 is 0 Å². The summed E-state index contributed by atoms with van der Waals surface area (Å²) < 4.78 is 12.8. The number of carboxylic acids is 1. The van der Waals surface area contributed by atoms with Gasteiger partial charge < -0.3 is 15.7 Å². The number of hydrogen-bond acceptors (Lipinski definition) is 3. The van der Waals surface area contributed by atoms with Crippen LogP contribution in [0, 0.1) is 5.82 Å². The first-order valence-corrected chi connectivity index (χ1v) is 6.34. The van der Waals surface area contributed by atoms with Crippen LogP contribution in [0.2, 0.25) is 0 Å². The predicted molar refractivity (Wildman–Crippen MR) is 72.9 cm³/mol. The summed E-state index contributed by atoms with van der Waals surface area (Å²) in [6.07, 6.45) is 0.137. The average Bonchev–Trinajstić information content (AvgIpc) is 2.39. The van der Waals surface area contributed by atoms with Crippen LogP contribution in [0.4, 0.5) is 4.39 Å². The first kappa shape index (κ1) is 16.6. The van der Waals surface area contributed by atoms with Crippen molar-refractivity contribution in [2.75, 3.05) is 0 Å². The second-order valence-electron chi connectivity index (χ2n) is 4.65. The lowest BCUT2D eigenvalue weighted by Crippen LogP contribution is -2.51. The Balaban J connectivity index is 2.79. The predicted octanol–water partition coefficient (Wildman–Crippen LogP) is 0.462. The monoisotopic (exact) mass is 296 g/mol. The van der Waals surface area contributed by atoms with Crippen LogP contribution in [0.3, 0.4) is 0 Å². The fourth-order valence-electron chi connectivity index (χ4n) is 1.69. The molecule has 21 heavy (non-hydrogen) atoms. The van der Waals surface area contributed by atoms with E-state index in [1.54, 1.807) is 0 Å². The van der Waals surface area contributed by atoms with E-state index < -0.39 is 35.7 Å². The van der Waals surface area contributed by atoms with E-state index in [2.05, 4.69) is 10.6 Å². The second-order valence-corrected chi connectivity index (χ2v) is 4.65. The minimum absolute atomic E-state index is 0.137. The highest BCUT2D eigenvalue weighted by Gasteiger charge is 2.23. The molecule has 1 aromatic rings. The van der Waals surface area contributed by atoms with Gasteiger partial charge in [0.05, 0.1) is 0 Å². The molecule has 0 radical (unpaired) electrons. The van der Waals surface area contributed by atoms with Gasteiger partial charge in [-0.05, 0) is 24.6 Å². The van der Waals surface area contributed by atoms with Crippen molar-refractivity contribution in [1.82, 2.24) is 10.6 Å². The van der Waals surface area contributed by atoms with E-state index in [1.165, 1.54) is 38.1 Å². The Bertz CT molecular complexity index is 530. The summed E-state index contributed by atoms with van der Waals surface area (Å²) >= 11 is 0. The summed E-state index contributed by atoms with van der Waals surface area (Å²) in [4.78, 5) is 33.9. The summed E-state index contributed by atoms with van der Waals surface area (Å²) in [5, 5.41) is 13.5. The Morgan fingerprint density at radius 3 is 2.24 bits per heavy atom. The molecule has 0 aromatic heterocycles. The number of aliphatic carboxylic acids is 1. The largest absolute Gasteiger partial charge is 0.480 e. The number of hydrogen-bond donors (Lipinski definition) is 3.